The van der Waals surface area contributed by atoms with Crippen molar-refractivity contribution in [2.45, 2.75) is 109 Å². The first-order valence-corrected chi connectivity index (χ1v) is 19.6. The molecule has 0 radical (unpaired) electrons. The van der Waals surface area contributed by atoms with Gasteiger partial charge in [-0.2, -0.15) is 0 Å². The van der Waals surface area contributed by atoms with E-state index in [-0.39, 0.29) is 28.0 Å². The Morgan fingerprint density at radius 1 is 0.811 bits per heavy atom. The molecule has 2 aromatic carbocycles. The molecule has 37 heavy (non-hydrogen) atoms. The Morgan fingerprint density at radius 3 is 1.92 bits per heavy atom. The van der Waals surface area contributed by atoms with Gasteiger partial charge in [-0.25, -0.2) is 0 Å². The second-order valence-corrected chi connectivity index (χ2v) is 23.5. The summed E-state index contributed by atoms with van der Waals surface area (Å²) in [4.78, 5) is 12.6. The zero-order valence-corrected chi connectivity index (χ0v) is 26.5. The zero-order valence-electron chi connectivity index (χ0n) is 24.5. The second kappa shape index (κ2) is 9.60. The summed E-state index contributed by atoms with van der Waals surface area (Å²) >= 11 is 0. The molecular formula is C31H46O4Si2. The third-order valence-electron chi connectivity index (χ3n) is 9.31. The van der Waals surface area contributed by atoms with E-state index in [4.69, 9.17) is 13.6 Å². The van der Waals surface area contributed by atoms with Gasteiger partial charge in [0.25, 0.3) is 0 Å². The second-order valence-electron chi connectivity index (χ2n) is 14.1. The molecule has 2 aromatic rings. The van der Waals surface area contributed by atoms with Gasteiger partial charge in [0.1, 0.15) is 29.1 Å². The average Bonchev–Trinajstić information content (AvgIpc) is 2.77. The van der Waals surface area contributed by atoms with Crippen LogP contribution >= 0.6 is 0 Å². The van der Waals surface area contributed by atoms with Crippen LogP contribution in [0.1, 0.15) is 84.0 Å². The summed E-state index contributed by atoms with van der Waals surface area (Å²) in [6.07, 6.45) is 1.99. The molecule has 4 rings (SSSR count). The molecule has 0 spiro atoms. The Morgan fingerprint density at radius 2 is 1.35 bits per heavy atom. The fraction of sp³-hybridized carbons (Fsp3) is 0.581. The zero-order chi connectivity index (χ0) is 27.4. The number of fused-ring (bicyclic) bond motifs is 3. The van der Waals surface area contributed by atoms with E-state index in [2.05, 4.69) is 104 Å². The maximum Gasteiger partial charge on any atom is 0.250 e. The minimum absolute atomic E-state index is 0.0697. The molecule has 0 saturated heterocycles. The largest absolute Gasteiger partial charge is 0.544 e. The van der Waals surface area contributed by atoms with Crippen LogP contribution in [0.5, 0.6) is 17.2 Å². The van der Waals surface area contributed by atoms with Crippen LogP contribution in [0.25, 0.3) is 0 Å². The Kier molecular flexibility index (Phi) is 7.26. The highest BCUT2D eigenvalue weighted by atomic mass is 28.4. The van der Waals surface area contributed by atoms with Gasteiger partial charge in [-0.05, 0) is 78.6 Å². The van der Waals surface area contributed by atoms with Crippen LogP contribution in [-0.2, 0) is 4.79 Å². The van der Waals surface area contributed by atoms with Crippen LogP contribution in [0.15, 0.2) is 42.5 Å². The van der Waals surface area contributed by atoms with Gasteiger partial charge in [-0.1, -0.05) is 53.7 Å². The van der Waals surface area contributed by atoms with Crippen molar-refractivity contribution in [2.24, 2.45) is 5.92 Å². The lowest BCUT2D eigenvalue weighted by molar-refractivity contribution is -0.122. The van der Waals surface area contributed by atoms with Crippen LogP contribution in [-0.4, -0.2) is 22.4 Å². The predicted molar refractivity (Wildman–Crippen MR) is 157 cm³/mol. The van der Waals surface area contributed by atoms with Gasteiger partial charge in [-0.3, -0.25) is 4.79 Å². The van der Waals surface area contributed by atoms with Crippen molar-refractivity contribution in [3.63, 3.8) is 0 Å². The molecule has 0 bridgehead atoms. The monoisotopic (exact) mass is 538 g/mol. The summed E-state index contributed by atoms with van der Waals surface area (Å²) in [6.45, 7) is 22.6. The van der Waals surface area contributed by atoms with Crippen molar-refractivity contribution in [1.29, 1.82) is 0 Å². The number of Topliss-reactive ketones (excluding diaryl/α,β-unsaturated/α-hetero) is 1. The highest BCUT2D eigenvalue weighted by molar-refractivity contribution is 6.75. The molecule has 0 unspecified atom stereocenters. The van der Waals surface area contributed by atoms with Crippen LogP contribution in [0.4, 0.5) is 0 Å². The number of hydrogen-bond acceptors (Lipinski definition) is 4. The van der Waals surface area contributed by atoms with E-state index in [1.165, 1.54) is 0 Å². The molecule has 0 amide bonds. The highest BCUT2D eigenvalue weighted by Crippen LogP contribution is 2.53. The normalized spacial score (nSPS) is 22.5. The number of benzene rings is 2. The maximum absolute atomic E-state index is 12.6. The lowest BCUT2D eigenvalue weighted by Gasteiger charge is -2.43. The molecule has 1 heterocycles. The third kappa shape index (κ3) is 5.70. The van der Waals surface area contributed by atoms with Gasteiger partial charge in [0.05, 0.1) is 0 Å². The predicted octanol–water partition coefficient (Wildman–Crippen LogP) is 9.04. The lowest BCUT2D eigenvalue weighted by atomic mass is 9.69. The standard InChI is InChI=1S/C31H46O4Si2/c1-30(2,3)36(7,8)34-23-14-11-21(12-15-23)29-25-17-13-22(32)19-26(25)27-20-24(16-18-28(27)33-29)35-37(9,10)31(4,5)6/h11-12,14-16,18,20,25-26,29H,13,17,19H2,1-10H3/t25-,26+,29-/m1/s1. The number of hydrogen-bond donors (Lipinski definition) is 0. The van der Waals surface area contributed by atoms with Gasteiger partial charge < -0.3 is 13.6 Å². The fourth-order valence-electron chi connectivity index (χ4n) is 4.88. The number of carbonyl (C=O) groups is 1. The summed E-state index contributed by atoms with van der Waals surface area (Å²) < 4.78 is 19.8. The summed E-state index contributed by atoms with van der Waals surface area (Å²) in [7, 11) is -3.86. The van der Waals surface area contributed by atoms with E-state index in [0.29, 0.717) is 18.6 Å². The number of ether oxygens (including phenoxy) is 1. The van der Waals surface area contributed by atoms with Gasteiger partial charge in [-0.15, -0.1) is 0 Å². The van der Waals surface area contributed by atoms with Crippen LogP contribution in [0, 0.1) is 5.92 Å². The summed E-state index contributed by atoms with van der Waals surface area (Å²) in [5.41, 5.74) is 2.28. The van der Waals surface area contributed by atoms with Crippen molar-refractivity contribution < 1.29 is 18.4 Å². The molecule has 3 atom stereocenters. The third-order valence-corrected chi connectivity index (χ3v) is 18.0. The van der Waals surface area contributed by atoms with Crippen molar-refractivity contribution in [1.82, 2.24) is 0 Å². The van der Waals surface area contributed by atoms with Crippen molar-refractivity contribution in [3.8, 4) is 17.2 Å². The van der Waals surface area contributed by atoms with E-state index < -0.39 is 16.6 Å². The first-order chi connectivity index (χ1) is 17.0. The smallest absolute Gasteiger partial charge is 0.250 e. The van der Waals surface area contributed by atoms with E-state index in [1.54, 1.807) is 0 Å². The molecular weight excluding hydrogens is 493 g/mol. The van der Waals surface area contributed by atoms with Gasteiger partial charge >= 0.3 is 0 Å². The van der Waals surface area contributed by atoms with Gasteiger partial charge in [0.2, 0.25) is 16.6 Å². The van der Waals surface area contributed by atoms with Gasteiger partial charge in [0.15, 0.2) is 0 Å². The molecule has 4 nitrogen and oxygen atoms in total. The molecule has 1 aliphatic carbocycles. The molecule has 1 fully saturated rings. The average molecular weight is 539 g/mol. The molecule has 0 N–H and O–H groups in total. The van der Waals surface area contributed by atoms with E-state index >= 15 is 0 Å². The SMILES string of the molecule is CC(C)(C)[Si](C)(C)Oc1ccc([C@H]2Oc3ccc(O[Si](C)(C)C(C)(C)C)cc3[C@H]3CC(=O)CC[C@H]32)cc1. The van der Waals surface area contributed by atoms with E-state index in [9.17, 15) is 4.79 Å². The molecule has 1 saturated carbocycles. The van der Waals surface area contributed by atoms with Crippen molar-refractivity contribution in [2.75, 3.05) is 0 Å². The quantitative estimate of drug-likeness (QED) is 0.356. The Labute approximate surface area is 226 Å². The number of ketones is 1. The Hall–Kier alpha value is -2.06. The molecule has 202 valence electrons. The minimum atomic E-state index is -1.97. The number of carbonyl (C=O) groups excluding carboxylic acids is 1. The van der Waals surface area contributed by atoms with Crippen LogP contribution < -0.4 is 13.6 Å². The Balaban J connectivity index is 1.62. The molecule has 2 aliphatic rings. The van der Waals surface area contributed by atoms with E-state index in [1.807, 2.05) is 6.07 Å². The van der Waals surface area contributed by atoms with Crippen molar-refractivity contribution in [3.05, 3.63) is 53.6 Å². The maximum atomic E-state index is 12.6. The summed E-state index contributed by atoms with van der Waals surface area (Å²) in [5, 5.41) is 0.269. The van der Waals surface area contributed by atoms with E-state index in [0.717, 1.165) is 34.8 Å². The van der Waals surface area contributed by atoms with Crippen molar-refractivity contribution >= 4 is 22.4 Å². The van der Waals surface area contributed by atoms with Crippen LogP contribution in [0.2, 0.25) is 36.3 Å². The topological polar surface area (TPSA) is 44.8 Å². The van der Waals surface area contributed by atoms with Crippen LogP contribution in [0.3, 0.4) is 0 Å². The fourth-order valence-corrected chi connectivity index (χ4v) is 6.93. The molecule has 1 aliphatic heterocycles. The highest BCUT2D eigenvalue weighted by Gasteiger charge is 2.44. The summed E-state index contributed by atoms with van der Waals surface area (Å²) in [5.74, 6) is 3.47. The first kappa shape index (κ1) is 28.0. The molecule has 6 heteroatoms. The summed E-state index contributed by atoms with van der Waals surface area (Å²) in [6, 6.07) is 14.7. The number of rotatable bonds is 5. The Bertz CT molecular complexity index is 1140. The van der Waals surface area contributed by atoms with Gasteiger partial charge in [0, 0.05) is 30.2 Å². The minimum Gasteiger partial charge on any atom is -0.544 e. The lowest BCUT2D eigenvalue weighted by Crippen LogP contribution is -2.44. The molecule has 0 aromatic heterocycles. The first-order valence-electron chi connectivity index (χ1n) is 13.8.